The number of halogens is 4. The average molecular weight is 443 g/mol. The molecule has 0 fully saturated rings. The first-order valence-electron chi connectivity index (χ1n) is 8.70. The number of nitrogens with zero attached hydrogens (tertiary/aromatic N) is 2. The van der Waals surface area contributed by atoms with Crippen LogP contribution in [0.15, 0.2) is 53.4 Å². The quantitative estimate of drug-likeness (QED) is 0.571. The predicted molar refractivity (Wildman–Crippen MR) is 101 cm³/mol. The smallest absolute Gasteiger partial charge is 0.396 e. The molecule has 0 aliphatic heterocycles. The summed E-state index contributed by atoms with van der Waals surface area (Å²) in [5.74, 6) is -0.612. The Kier molecular flexibility index (Phi) is 5.97. The molecule has 0 unspecified atom stereocenters. The van der Waals surface area contributed by atoms with Gasteiger partial charge in [0.25, 0.3) is 0 Å². The number of aliphatic hydroxyl groups is 1. The van der Waals surface area contributed by atoms with Crippen LogP contribution in [-0.4, -0.2) is 29.9 Å². The van der Waals surface area contributed by atoms with Crippen LogP contribution >= 0.6 is 0 Å². The molecule has 0 saturated carbocycles. The van der Waals surface area contributed by atoms with Crippen LogP contribution in [0.4, 0.5) is 17.6 Å². The summed E-state index contributed by atoms with van der Waals surface area (Å²) in [6.45, 7) is -0.532. The number of sulfonamides is 1. The van der Waals surface area contributed by atoms with Crippen LogP contribution < -0.4 is 5.14 Å². The fraction of sp³-hybridized carbons (Fsp3) is 0.211. The zero-order valence-electron chi connectivity index (χ0n) is 15.4. The third kappa shape index (κ3) is 4.53. The highest BCUT2D eigenvalue weighted by Crippen LogP contribution is 2.43. The second-order valence-corrected chi connectivity index (χ2v) is 8.01. The number of hydrogen-bond donors (Lipinski definition) is 2. The van der Waals surface area contributed by atoms with Crippen LogP contribution in [0.5, 0.6) is 0 Å². The van der Waals surface area contributed by atoms with Gasteiger partial charge in [-0.2, -0.15) is 18.3 Å². The van der Waals surface area contributed by atoms with E-state index in [-0.39, 0.29) is 46.9 Å². The first kappa shape index (κ1) is 21.9. The number of aryl methyl sites for hydroxylation is 1. The van der Waals surface area contributed by atoms with Gasteiger partial charge in [-0.05, 0) is 36.2 Å². The molecule has 0 amide bonds. The van der Waals surface area contributed by atoms with Crippen molar-refractivity contribution in [3.8, 4) is 22.4 Å². The van der Waals surface area contributed by atoms with E-state index in [4.69, 9.17) is 10.2 Å². The molecule has 11 heteroatoms. The van der Waals surface area contributed by atoms with E-state index in [1.54, 1.807) is 0 Å². The van der Waals surface area contributed by atoms with Crippen molar-refractivity contribution < 1.29 is 31.1 Å². The van der Waals surface area contributed by atoms with Gasteiger partial charge in [-0.1, -0.05) is 24.3 Å². The summed E-state index contributed by atoms with van der Waals surface area (Å²) in [4.78, 5) is -0.203. The van der Waals surface area contributed by atoms with Crippen LogP contribution in [0.2, 0.25) is 0 Å². The Bertz CT molecular complexity index is 1140. The van der Waals surface area contributed by atoms with Crippen LogP contribution in [0.1, 0.15) is 12.1 Å². The van der Waals surface area contributed by atoms with E-state index < -0.39 is 27.7 Å². The van der Waals surface area contributed by atoms with Crippen LogP contribution in [0.25, 0.3) is 22.4 Å². The van der Waals surface area contributed by atoms with Crippen LogP contribution in [0, 0.1) is 5.82 Å². The summed E-state index contributed by atoms with van der Waals surface area (Å²) in [6.07, 6.45) is -4.75. The summed E-state index contributed by atoms with van der Waals surface area (Å²) >= 11 is 0. The summed E-state index contributed by atoms with van der Waals surface area (Å²) < 4.78 is 78.9. The highest BCUT2D eigenvalue weighted by atomic mass is 32.2. The molecule has 3 N–H and O–H groups in total. The molecule has 6 nitrogen and oxygen atoms in total. The minimum Gasteiger partial charge on any atom is -0.396 e. The highest BCUT2D eigenvalue weighted by Gasteiger charge is 2.40. The number of hydrogen-bond acceptors (Lipinski definition) is 4. The maximum atomic E-state index is 14.0. The van der Waals surface area contributed by atoms with Crippen molar-refractivity contribution in [1.82, 2.24) is 9.78 Å². The Morgan fingerprint density at radius 2 is 1.57 bits per heavy atom. The molecule has 0 atom stereocenters. The van der Waals surface area contributed by atoms with E-state index in [0.29, 0.717) is 0 Å². The van der Waals surface area contributed by atoms with E-state index in [0.717, 1.165) is 16.8 Å². The van der Waals surface area contributed by atoms with Gasteiger partial charge >= 0.3 is 6.18 Å². The van der Waals surface area contributed by atoms with Gasteiger partial charge in [0, 0.05) is 24.3 Å². The number of rotatable bonds is 6. The molecular weight excluding hydrogens is 426 g/mol. The molecule has 1 aromatic heterocycles. The standard InChI is InChI=1S/C19H17F4N3O3S/c20-14-6-2-12(3-7-14)16-17(13-4-8-15(9-5-13)30(24,28)29)25-26(10-1-11-27)18(16)19(21,22)23/h2-9,27H,1,10-11H2,(H2,24,28,29). The number of primary sulfonamides is 1. The van der Waals surface area contributed by atoms with Crippen molar-refractivity contribution in [2.45, 2.75) is 24.0 Å². The highest BCUT2D eigenvalue weighted by molar-refractivity contribution is 7.89. The van der Waals surface area contributed by atoms with Crippen LogP contribution in [-0.2, 0) is 22.7 Å². The molecule has 2 aromatic carbocycles. The Balaban J connectivity index is 2.28. The second-order valence-electron chi connectivity index (χ2n) is 6.45. The maximum Gasteiger partial charge on any atom is 0.433 e. The van der Waals surface area contributed by atoms with Gasteiger partial charge in [0.2, 0.25) is 10.0 Å². The zero-order valence-corrected chi connectivity index (χ0v) is 16.2. The van der Waals surface area contributed by atoms with Gasteiger partial charge < -0.3 is 5.11 Å². The molecule has 0 bridgehead atoms. The minimum absolute atomic E-state index is 0.0391. The second kappa shape index (κ2) is 8.17. The molecule has 0 aliphatic carbocycles. The Hall–Kier alpha value is -2.76. The summed E-state index contributed by atoms with van der Waals surface area (Å²) in [5.41, 5.74) is -1.08. The summed E-state index contributed by atoms with van der Waals surface area (Å²) in [6, 6.07) is 9.42. The molecule has 0 spiro atoms. The van der Waals surface area contributed by atoms with E-state index in [9.17, 15) is 26.0 Å². The fourth-order valence-electron chi connectivity index (χ4n) is 3.03. The molecule has 0 radical (unpaired) electrons. The van der Waals surface area contributed by atoms with Gasteiger partial charge in [-0.15, -0.1) is 0 Å². The molecule has 0 saturated heterocycles. The average Bonchev–Trinajstić information content (AvgIpc) is 3.06. The number of nitrogens with two attached hydrogens (primary N) is 1. The SMILES string of the molecule is NS(=O)(=O)c1ccc(-c2nn(CCCO)c(C(F)(F)F)c2-c2ccc(F)cc2)cc1. The first-order valence-corrected chi connectivity index (χ1v) is 10.2. The third-order valence-corrected chi connectivity index (χ3v) is 5.27. The monoisotopic (exact) mass is 443 g/mol. The molecule has 3 aromatic rings. The summed E-state index contributed by atoms with van der Waals surface area (Å²) in [5, 5.41) is 18.2. The van der Waals surface area contributed by atoms with Crippen molar-refractivity contribution in [2.24, 2.45) is 5.14 Å². The fourth-order valence-corrected chi connectivity index (χ4v) is 3.54. The topological polar surface area (TPSA) is 98.2 Å². The van der Waals surface area contributed by atoms with Crippen molar-refractivity contribution in [1.29, 1.82) is 0 Å². The van der Waals surface area contributed by atoms with E-state index in [2.05, 4.69) is 5.10 Å². The summed E-state index contributed by atoms with van der Waals surface area (Å²) in [7, 11) is -3.98. The lowest BCUT2D eigenvalue weighted by molar-refractivity contribution is -0.143. The zero-order chi connectivity index (χ0) is 22.1. The predicted octanol–water partition coefficient (Wildman–Crippen LogP) is 3.40. The number of aliphatic hydroxyl groups excluding tert-OH is 1. The lowest BCUT2D eigenvalue weighted by atomic mass is 9.98. The molecule has 3 rings (SSSR count). The Morgan fingerprint density at radius 3 is 2.07 bits per heavy atom. The van der Waals surface area contributed by atoms with Crippen LogP contribution in [0.3, 0.4) is 0 Å². The first-order chi connectivity index (χ1) is 14.0. The molecule has 1 heterocycles. The molecular formula is C19H17F4N3O3S. The third-order valence-electron chi connectivity index (χ3n) is 4.34. The lowest BCUT2D eigenvalue weighted by Crippen LogP contribution is -2.16. The van der Waals surface area contributed by atoms with Gasteiger partial charge in [-0.3, -0.25) is 4.68 Å². The van der Waals surface area contributed by atoms with Crippen molar-refractivity contribution in [3.05, 3.63) is 60.0 Å². The van der Waals surface area contributed by atoms with Gasteiger partial charge in [0.15, 0.2) is 5.69 Å². The lowest BCUT2D eigenvalue weighted by Gasteiger charge is -2.13. The maximum absolute atomic E-state index is 14.0. The molecule has 160 valence electrons. The molecule has 0 aliphatic rings. The van der Waals surface area contributed by atoms with E-state index in [1.165, 1.54) is 36.4 Å². The van der Waals surface area contributed by atoms with Crippen molar-refractivity contribution in [3.63, 3.8) is 0 Å². The Morgan fingerprint density at radius 1 is 1.00 bits per heavy atom. The van der Waals surface area contributed by atoms with Crippen molar-refractivity contribution in [2.75, 3.05) is 6.61 Å². The van der Waals surface area contributed by atoms with Crippen molar-refractivity contribution >= 4 is 10.0 Å². The number of benzene rings is 2. The minimum atomic E-state index is -4.79. The Labute approximate surface area is 169 Å². The van der Waals surface area contributed by atoms with E-state index in [1.807, 2.05) is 0 Å². The van der Waals surface area contributed by atoms with Gasteiger partial charge in [-0.25, -0.2) is 17.9 Å². The molecule has 30 heavy (non-hydrogen) atoms. The number of alkyl halides is 3. The normalized spacial score (nSPS) is 12.3. The number of aromatic nitrogens is 2. The van der Waals surface area contributed by atoms with Gasteiger partial charge in [0.05, 0.1) is 4.90 Å². The van der Waals surface area contributed by atoms with Gasteiger partial charge in [0.1, 0.15) is 11.5 Å². The van der Waals surface area contributed by atoms with E-state index >= 15 is 0 Å². The largest absolute Gasteiger partial charge is 0.433 e.